The van der Waals surface area contributed by atoms with Crippen LogP contribution in [0.4, 0.5) is 4.79 Å². The molecule has 0 spiro atoms. The molecule has 0 saturated carbocycles. The van der Waals surface area contributed by atoms with Crippen LogP contribution < -0.4 is 4.72 Å². The zero-order valence-electron chi connectivity index (χ0n) is 12.5. The number of ether oxygens (including phenoxy) is 1. The van der Waals surface area contributed by atoms with Crippen LogP contribution in [0.1, 0.15) is 19.8 Å². The number of aromatic nitrogens is 2. The molecule has 1 aliphatic heterocycles. The first-order valence-electron chi connectivity index (χ1n) is 6.96. The molecule has 124 valence electrons. The lowest BCUT2D eigenvalue weighted by molar-refractivity contribution is 0.0966. The van der Waals surface area contributed by atoms with Gasteiger partial charge in [-0.1, -0.05) is 11.6 Å². The van der Waals surface area contributed by atoms with Gasteiger partial charge in [-0.2, -0.15) is 0 Å². The number of hydrogen-bond donors (Lipinski definition) is 1. The Kier molecular flexibility index (Phi) is 5.30. The summed E-state index contributed by atoms with van der Waals surface area (Å²) >= 11 is 5.92. The summed E-state index contributed by atoms with van der Waals surface area (Å²) in [6.45, 7) is 2.96. The van der Waals surface area contributed by atoms with Crippen molar-refractivity contribution in [2.75, 3.05) is 19.7 Å². The summed E-state index contributed by atoms with van der Waals surface area (Å²) in [6, 6.07) is -0.256. The lowest BCUT2D eigenvalue weighted by atomic mass is 10.1. The quantitative estimate of drug-likeness (QED) is 0.873. The molecule has 1 N–H and O–H groups in total. The minimum atomic E-state index is -3.77. The van der Waals surface area contributed by atoms with Crippen molar-refractivity contribution in [1.82, 2.24) is 19.2 Å². The van der Waals surface area contributed by atoms with E-state index in [1.807, 2.05) is 0 Å². The first-order chi connectivity index (χ1) is 10.3. The monoisotopic (exact) mass is 350 g/mol. The molecule has 8 nitrogen and oxygen atoms in total. The standard InChI is InChI=1S/C12H19ClN4O4S/c1-3-21-12(18)17-6-4-9(5-7-17)15-22(19,20)11-10(13)16(2)8-14-11/h8-9,15H,3-7H2,1-2H3. The lowest BCUT2D eigenvalue weighted by Crippen LogP contribution is -2.46. The van der Waals surface area contributed by atoms with Gasteiger partial charge in [0.25, 0.3) is 10.0 Å². The maximum Gasteiger partial charge on any atom is 0.409 e. The van der Waals surface area contributed by atoms with Crippen LogP contribution in [0.5, 0.6) is 0 Å². The van der Waals surface area contributed by atoms with E-state index >= 15 is 0 Å². The fourth-order valence-electron chi connectivity index (χ4n) is 2.24. The molecule has 0 aliphatic carbocycles. The highest BCUT2D eigenvalue weighted by molar-refractivity contribution is 7.89. The Morgan fingerprint density at radius 2 is 2.14 bits per heavy atom. The Hall–Kier alpha value is -1.32. The van der Waals surface area contributed by atoms with Crippen molar-refractivity contribution >= 4 is 27.7 Å². The van der Waals surface area contributed by atoms with Gasteiger partial charge in [-0.15, -0.1) is 0 Å². The number of nitrogens with zero attached hydrogens (tertiary/aromatic N) is 3. The lowest BCUT2D eigenvalue weighted by Gasteiger charge is -2.31. The Bertz CT molecular complexity index is 638. The molecule has 0 aromatic carbocycles. The van der Waals surface area contributed by atoms with Gasteiger partial charge < -0.3 is 14.2 Å². The van der Waals surface area contributed by atoms with Crippen LogP contribution in [0.2, 0.25) is 5.15 Å². The highest BCUT2D eigenvalue weighted by atomic mass is 35.5. The smallest absolute Gasteiger partial charge is 0.409 e. The van der Waals surface area contributed by atoms with E-state index in [9.17, 15) is 13.2 Å². The van der Waals surface area contributed by atoms with E-state index in [1.165, 1.54) is 10.9 Å². The highest BCUT2D eigenvalue weighted by Gasteiger charge is 2.29. The number of sulfonamides is 1. The van der Waals surface area contributed by atoms with Crippen LogP contribution >= 0.6 is 11.6 Å². The van der Waals surface area contributed by atoms with E-state index in [-0.39, 0.29) is 22.3 Å². The molecular formula is C12H19ClN4O4S. The van der Waals surface area contributed by atoms with E-state index in [4.69, 9.17) is 16.3 Å². The number of halogens is 1. The Balaban J connectivity index is 1.96. The van der Waals surface area contributed by atoms with Crippen molar-refractivity contribution in [3.63, 3.8) is 0 Å². The number of hydrogen-bond acceptors (Lipinski definition) is 5. The summed E-state index contributed by atoms with van der Waals surface area (Å²) in [7, 11) is -2.15. The second-order valence-corrected chi connectivity index (χ2v) is 7.02. The maximum absolute atomic E-state index is 12.3. The van der Waals surface area contributed by atoms with Gasteiger partial charge in [-0.05, 0) is 19.8 Å². The summed E-state index contributed by atoms with van der Waals surface area (Å²) in [4.78, 5) is 17.0. The topological polar surface area (TPSA) is 93.5 Å². The Morgan fingerprint density at radius 1 is 1.50 bits per heavy atom. The molecular weight excluding hydrogens is 332 g/mol. The normalized spacial score (nSPS) is 16.8. The number of amides is 1. The van der Waals surface area contributed by atoms with Gasteiger partial charge in [0.2, 0.25) is 5.03 Å². The SMILES string of the molecule is CCOC(=O)N1CCC(NS(=O)(=O)c2ncn(C)c2Cl)CC1. The van der Waals surface area contributed by atoms with Crippen molar-refractivity contribution in [3.05, 3.63) is 11.5 Å². The summed E-state index contributed by atoms with van der Waals surface area (Å²) < 4.78 is 33.5. The van der Waals surface area contributed by atoms with Crippen molar-refractivity contribution in [3.8, 4) is 0 Å². The number of nitrogens with one attached hydrogen (secondary N) is 1. The minimum Gasteiger partial charge on any atom is -0.450 e. The van der Waals surface area contributed by atoms with E-state index in [2.05, 4.69) is 9.71 Å². The third-order valence-corrected chi connectivity index (χ3v) is 5.44. The second-order valence-electron chi connectivity index (χ2n) is 5.03. The van der Waals surface area contributed by atoms with Gasteiger partial charge in [0.1, 0.15) is 5.15 Å². The van der Waals surface area contributed by atoms with Crippen molar-refractivity contribution < 1.29 is 17.9 Å². The van der Waals surface area contributed by atoms with E-state index in [1.54, 1.807) is 18.9 Å². The predicted molar refractivity (Wildman–Crippen MR) is 80.2 cm³/mol. The molecule has 2 heterocycles. The average Bonchev–Trinajstić information content (AvgIpc) is 2.80. The van der Waals surface area contributed by atoms with Crippen LogP contribution in [0.25, 0.3) is 0 Å². The van der Waals surface area contributed by atoms with Crippen molar-refractivity contribution in [2.24, 2.45) is 7.05 Å². The molecule has 1 amide bonds. The molecule has 1 aromatic heterocycles. The van der Waals surface area contributed by atoms with E-state index in [0.29, 0.717) is 32.5 Å². The predicted octanol–water partition coefficient (Wildman–Crippen LogP) is 0.973. The molecule has 1 saturated heterocycles. The molecule has 0 atom stereocenters. The molecule has 1 aromatic rings. The average molecular weight is 351 g/mol. The molecule has 10 heteroatoms. The number of likely N-dealkylation sites (tertiary alicyclic amines) is 1. The molecule has 1 aliphatic rings. The van der Waals surface area contributed by atoms with E-state index in [0.717, 1.165) is 0 Å². The van der Waals surface area contributed by atoms with Gasteiger partial charge in [0, 0.05) is 26.2 Å². The fraction of sp³-hybridized carbons (Fsp3) is 0.667. The highest BCUT2D eigenvalue weighted by Crippen LogP contribution is 2.20. The minimum absolute atomic E-state index is 0.0662. The number of aryl methyl sites for hydroxylation is 1. The molecule has 2 rings (SSSR count). The number of carbonyl (C=O) groups is 1. The zero-order valence-corrected chi connectivity index (χ0v) is 14.0. The number of carbonyl (C=O) groups excluding carboxylic acids is 1. The summed E-state index contributed by atoms with van der Waals surface area (Å²) in [5.74, 6) is 0. The number of rotatable bonds is 4. The summed E-state index contributed by atoms with van der Waals surface area (Å²) in [5, 5.41) is -0.110. The van der Waals surface area contributed by atoms with Gasteiger partial charge in [0.05, 0.1) is 12.9 Å². The van der Waals surface area contributed by atoms with Crippen LogP contribution in [0.15, 0.2) is 11.4 Å². The largest absolute Gasteiger partial charge is 0.450 e. The summed E-state index contributed by atoms with van der Waals surface area (Å²) in [6.07, 6.45) is 2.02. The molecule has 22 heavy (non-hydrogen) atoms. The van der Waals surface area contributed by atoms with Gasteiger partial charge in [-0.3, -0.25) is 0 Å². The van der Waals surface area contributed by atoms with Crippen LogP contribution in [0.3, 0.4) is 0 Å². The molecule has 0 radical (unpaired) electrons. The van der Waals surface area contributed by atoms with Crippen molar-refractivity contribution in [2.45, 2.75) is 30.8 Å². The van der Waals surface area contributed by atoms with Crippen LogP contribution in [-0.2, 0) is 21.8 Å². The number of piperidine rings is 1. The Labute approximate surface area is 134 Å². The van der Waals surface area contributed by atoms with Crippen LogP contribution in [-0.4, -0.2) is 54.7 Å². The third kappa shape index (κ3) is 3.71. The second kappa shape index (κ2) is 6.84. The zero-order chi connectivity index (χ0) is 16.3. The number of imidazole rings is 1. The van der Waals surface area contributed by atoms with E-state index < -0.39 is 10.0 Å². The third-order valence-electron chi connectivity index (χ3n) is 3.43. The first-order valence-corrected chi connectivity index (χ1v) is 8.82. The van der Waals surface area contributed by atoms with Crippen LogP contribution in [0, 0.1) is 0 Å². The Morgan fingerprint density at radius 3 is 2.64 bits per heavy atom. The van der Waals surface area contributed by atoms with Crippen molar-refractivity contribution in [1.29, 1.82) is 0 Å². The molecule has 0 unspecified atom stereocenters. The maximum atomic E-state index is 12.3. The molecule has 0 bridgehead atoms. The summed E-state index contributed by atoms with van der Waals surface area (Å²) in [5.41, 5.74) is 0. The van der Waals surface area contributed by atoms with Gasteiger partial charge >= 0.3 is 6.09 Å². The fourth-order valence-corrected chi connectivity index (χ4v) is 3.98. The first kappa shape index (κ1) is 17.0. The molecule has 1 fully saturated rings. The van der Waals surface area contributed by atoms with Gasteiger partial charge in [0.15, 0.2) is 0 Å². The van der Waals surface area contributed by atoms with Gasteiger partial charge in [-0.25, -0.2) is 22.9 Å².